The first kappa shape index (κ1) is 7.33. The molecule has 0 aromatic heterocycles. The minimum Gasteiger partial charge on any atom is -0.0617 e. The maximum Gasteiger partial charge on any atom is -0.0274 e. The van der Waals surface area contributed by atoms with Gasteiger partial charge in [-0.05, 0) is 43.9 Å². The van der Waals surface area contributed by atoms with Gasteiger partial charge < -0.3 is 0 Å². The molecule has 0 unspecified atom stereocenters. The molecule has 0 aliphatic carbocycles. The van der Waals surface area contributed by atoms with Gasteiger partial charge in [0.1, 0.15) is 0 Å². The van der Waals surface area contributed by atoms with E-state index in [-0.39, 0.29) is 0 Å². The van der Waals surface area contributed by atoms with Crippen molar-refractivity contribution in [3.63, 3.8) is 0 Å². The van der Waals surface area contributed by atoms with E-state index < -0.39 is 0 Å². The molecule has 1 radical (unpaired) electrons. The standard InChI is InChI=1S/C10H13/c1-4-10-8(2)6-5-7-9(10)3/h5-7H,1,4H2,2-3H3. The van der Waals surface area contributed by atoms with Crippen LogP contribution in [-0.4, -0.2) is 0 Å². The smallest absolute Gasteiger partial charge is 0.0274 e. The van der Waals surface area contributed by atoms with Crippen molar-refractivity contribution in [3.05, 3.63) is 41.8 Å². The molecule has 0 nitrogen and oxygen atoms in total. The van der Waals surface area contributed by atoms with Crippen LogP contribution in [0.3, 0.4) is 0 Å². The molecule has 0 saturated carbocycles. The second-order valence-electron chi connectivity index (χ2n) is 2.62. The third kappa shape index (κ3) is 1.21. The van der Waals surface area contributed by atoms with Gasteiger partial charge in [-0.3, -0.25) is 0 Å². The van der Waals surface area contributed by atoms with Crippen LogP contribution in [0.15, 0.2) is 18.2 Å². The highest BCUT2D eigenvalue weighted by molar-refractivity contribution is 5.33. The summed E-state index contributed by atoms with van der Waals surface area (Å²) in [4.78, 5) is 0. The molecule has 0 spiro atoms. The molecule has 1 aromatic rings. The Morgan fingerprint density at radius 1 is 1.20 bits per heavy atom. The van der Waals surface area contributed by atoms with Gasteiger partial charge in [0.15, 0.2) is 0 Å². The van der Waals surface area contributed by atoms with E-state index in [2.05, 4.69) is 39.0 Å². The molecular formula is C10H13. The third-order valence-electron chi connectivity index (χ3n) is 1.89. The minimum absolute atomic E-state index is 0.901. The molecule has 0 amide bonds. The van der Waals surface area contributed by atoms with Crippen LogP contribution >= 0.6 is 0 Å². The Labute approximate surface area is 62.9 Å². The Morgan fingerprint density at radius 3 is 2.00 bits per heavy atom. The lowest BCUT2D eigenvalue weighted by atomic mass is 10.0. The van der Waals surface area contributed by atoms with E-state index in [1.165, 1.54) is 16.7 Å². The summed E-state index contributed by atoms with van der Waals surface area (Å²) in [5.74, 6) is 0. The van der Waals surface area contributed by atoms with E-state index in [1.54, 1.807) is 0 Å². The third-order valence-corrected chi connectivity index (χ3v) is 1.89. The fourth-order valence-corrected chi connectivity index (χ4v) is 1.24. The van der Waals surface area contributed by atoms with E-state index in [1.807, 2.05) is 0 Å². The van der Waals surface area contributed by atoms with Gasteiger partial charge in [0.25, 0.3) is 0 Å². The van der Waals surface area contributed by atoms with Crippen LogP contribution in [0.5, 0.6) is 0 Å². The number of hydrogen-bond donors (Lipinski definition) is 0. The molecular weight excluding hydrogens is 120 g/mol. The van der Waals surface area contributed by atoms with Crippen molar-refractivity contribution in [3.8, 4) is 0 Å². The highest BCUT2D eigenvalue weighted by Crippen LogP contribution is 2.12. The van der Waals surface area contributed by atoms with Crippen molar-refractivity contribution in [2.75, 3.05) is 0 Å². The van der Waals surface area contributed by atoms with Gasteiger partial charge in [-0.2, -0.15) is 0 Å². The molecule has 0 bridgehead atoms. The lowest BCUT2D eigenvalue weighted by molar-refractivity contribution is 1.17. The van der Waals surface area contributed by atoms with E-state index >= 15 is 0 Å². The first-order chi connectivity index (χ1) is 4.75. The van der Waals surface area contributed by atoms with Crippen LogP contribution in [-0.2, 0) is 6.42 Å². The molecule has 0 atom stereocenters. The summed E-state index contributed by atoms with van der Waals surface area (Å²) < 4.78 is 0. The first-order valence-corrected chi connectivity index (χ1v) is 3.60. The van der Waals surface area contributed by atoms with Crippen molar-refractivity contribution in [1.82, 2.24) is 0 Å². The molecule has 0 aliphatic heterocycles. The Kier molecular flexibility index (Phi) is 2.10. The number of rotatable bonds is 1. The highest BCUT2D eigenvalue weighted by Gasteiger charge is 1.96. The molecule has 0 heterocycles. The zero-order chi connectivity index (χ0) is 7.56. The van der Waals surface area contributed by atoms with E-state index in [9.17, 15) is 0 Å². The number of aryl methyl sites for hydroxylation is 2. The molecule has 1 aromatic carbocycles. The monoisotopic (exact) mass is 133 g/mol. The summed E-state index contributed by atoms with van der Waals surface area (Å²) in [6.45, 7) is 8.14. The predicted octanol–water partition coefficient (Wildman–Crippen LogP) is 2.68. The molecule has 0 heteroatoms. The SMILES string of the molecule is [CH2]Cc1c(C)cccc1C. The maximum absolute atomic E-state index is 3.88. The summed E-state index contributed by atoms with van der Waals surface area (Å²) >= 11 is 0. The summed E-state index contributed by atoms with van der Waals surface area (Å²) in [7, 11) is 0. The largest absolute Gasteiger partial charge is 0.0617 e. The van der Waals surface area contributed by atoms with E-state index in [4.69, 9.17) is 0 Å². The fraction of sp³-hybridized carbons (Fsp3) is 0.300. The predicted molar refractivity (Wildman–Crippen MR) is 45.0 cm³/mol. The molecule has 10 heavy (non-hydrogen) atoms. The van der Waals surface area contributed by atoms with E-state index in [0.29, 0.717) is 0 Å². The minimum atomic E-state index is 0.901. The molecule has 0 saturated heterocycles. The second-order valence-corrected chi connectivity index (χ2v) is 2.62. The zero-order valence-electron chi connectivity index (χ0n) is 6.65. The van der Waals surface area contributed by atoms with Crippen LogP contribution in [0.4, 0.5) is 0 Å². The van der Waals surface area contributed by atoms with E-state index in [0.717, 1.165) is 6.42 Å². The van der Waals surface area contributed by atoms with Crippen molar-refractivity contribution < 1.29 is 0 Å². The van der Waals surface area contributed by atoms with Gasteiger partial charge in [-0.25, -0.2) is 0 Å². The molecule has 0 aliphatic rings. The highest BCUT2D eigenvalue weighted by atomic mass is 14.0. The van der Waals surface area contributed by atoms with Crippen molar-refractivity contribution >= 4 is 0 Å². The Bertz CT molecular complexity index is 203. The average molecular weight is 133 g/mol. The summed E-state index contributed by atoms with van der Waals surface area (Å²) in [6, 6.07) is 6.35. The summed E-state index contributed by atoms with van der Waals surface area (Å²) in [5.41, 5.74) is 4.10. The fourth-order valence-electron chi connectivity index (χ4n) is 1.24. The van der Waals surface area contributed by atoms with Crippen LogP contribution in [0.25, 0.3) is 0 Å². The number of benzene rings is 1. The van der Waals surface area contributed by atoms with Gasteiger partial charge in [0, 0.05) is 0 Å². The van der Waals surface area contributed by atoms with Crippen molar-refractivity contribution in [2.45, 2.75) is 20.3 Å². The van der Waals surface area contributed by atoms with Crippen molar-refractivity contribution in [2.24, 2.45) is 0 Å². The maximum atomic E-state index is 3.88. The lowest BCUT2D eigenvalue weighted by Gasteiger charge is -2.04. The van der Waals surface area contributed by atoms with Crippen LogP contribution < -0.4 is 0 Å². The van der Waals surface area contributed by atoms with Gasteiger partial charge in [-0.1, -0.05) is 18.2 Å². The summed E-state index contributed by atoms with van der Waals surface area (Å²) in [5, 5.41) is 0. The van der Waals surface area contributed by atoms with Crippen LogP contribution in [0.2, 0.25) is 0 Å². The second kappa shape index (κ2) is 2.87. The molecule has 53 valence electrons. The summed E-state index contributed by atoms with van der Waals surface area (Å²) in [6.07, 6.45) is 0.901. The van der Waals surface area contributed by atoms with Crippen LogP contribution in [0.1, 0.15) is 16.7 Å². The average Bonchev–Trinajstić information content (AvgIpc) is 1.88. The van der Waals surface area contributed by atoms with Gasteiger partial charge in [-0.15, -0.1) is 0 Å². The number of hydrogen-bond acceptors (Lipinski definition) is 0. The molecule has 0 fully saturated rings. The first-order valence-electron chi connectivity index (χ1n) is 3.60. The van der Waals surface area contributed by atoms with Crippen LogP contribution in [0, 0.1) is 20.8 Å². The Morgan fingerprint density at radius 2 is 1.70 bits per heavy atom. The Hall–Kier alpha value is -0.780. The molecule has 1 rings (SSSR count). The van der Waals surface area contributed by atoms with Crippen molar-refractivity contribution in [1.29, 1.82) is 0 Å². The topological polar surface area (TPSA) is 0 Å². The quantitative estimate of drug-likeness (QED) is 0.552. The normalized spacial score (nSPS) is 9.90. The van der Waals surface area contributed by atoms with Gasteiger partial charge >= 0.3 is 0 Å². The molecule has 0 N–H and O–H groups in total. The van der Waals surface area contributed by atoms with Gasteiger partial charge in [0.2, 0.25) is 0 Å². The zero-order valence-corrected chi connectivity index (χ0v) is 6.65. The lowest BCUT2D eigenvalue weighted by Crippen LogP contribution is -1.89. The Balaban J connectivity index is 3.17. The van der Waals surface area contributed by atoms with Gasteiger partial charge in [0.05, 0.1) is 0 Å².